The van der Waals surface area contributed by atoms with Crippen molar-refractivity contribution in [3.63, 3.8) is 0 Å². The van der Waals surface area contributed by atoms with Crippen LogP contribution in [0.5, 0.6) is 5.75 Å². The summed E-state index contributed by atoms with van der Waals surface area (Å²) >= 11 is 2.82. The topological polar surface area (TPSA) is 69.0 Å². The molecule has 0 saturated heterocycles. The number of rotatable bonds is 7. The Hall–Kier alpha value is -2.97. The molecule has 1 aliphatic rings. The van der Waals surface area contributed by atoms with Gasteiger partial charge in [0.2, 0.25) is 0 Å². The quantitative estimate of drug-likeness (QED) is 0.409. The van der Waals surface area contributed by atoms with Gasteiger partial charge < -0.3 is 4.74 Å². The number of hydrogen-bond acceptors (Lipinski definition) is 6. The number of aromatic nitrogens is 3. The number of carbonyl (C=O) groups is 1. The maximum Gasteiger partial charge on any atom is 0.267 e. The third-order valence-electron chi connectivity index (χ3n) is 5.33. The number of aryl methyl sites for hydroxylation is 3. The number of amides is 1. The van der Waals surface area contributed by atoms with Gasteiger partial charge in [-0.1, -0.05) is 6.07 Å². The number of nitrogens with zero attached hydrogens (tertiary/aromatic N) is 3. The Bertz CT molecular complexity index is 1220. The Morgan fingerprint density at radius 1 is 1.19 bits per heavy atom. The van der Waals surface area contributed by atoms with Crippen LogP contribution in [0.2, 0.25) is 0 Å². The summed E-state index contributed by atoms with van der Waals surface area (Å²) in [6, 6.07) is 8.23. The van der Waals surface area contributed by atoms with E-state index in [0.29, 0.717) is 16.6 Å². The second-order valence-electron chi connectivity index (χ2n) is 7.47. The Balaban J connectivity index is 1.19. The Morgan fingerprint density at radius 2 is 2.10 bits per heavy atom. The predicted octanol–water partition coefficient (Wildman–Crippen LogP) is 5.41. The van der Waals surface area contributed by atoms with Crippen molar-refractivity contribution in [3.05, 3.63) is 69.0 Å². The van der Waals surface area contributed by atoms with Gasteiger partial charge in [0.05, 0.1) is 16.8 Å². The van der Waals surface area contributed by atoms with Crippen LogP contribution in [-0.4, -0.2) is 20.7 Å². The van der Waals surface area contributed by atoms with Gasteiger partial charge in [0, 0.05) is 29.2 Å². The van der Waals surface area contributed by atoms with E-state index in [2.05, 4.69) is 27.5 Å². The molecule has 0 spiro atoms. The first-order chi connectivity index (χ1) is 15.2. The maximum atomic E-state index is 12.6. The minimum Gasteiger partial charge on any atom is -0.489 e. The van der Waals surface area contributed by atoms with Gasteiger partial charge in [0.15, 0.2) is 5.13 Å². The maximum absolute atomic E-state index is 12.6. The molecule has 6 nitrogen and oxygen atoms in total. The lowest BCUT2D eigenvalue weighted by Gasteiger charge is -2.07. The summed E-state index contributed by atoms with van der Waals surface area (Å²) in [6.45, 7) is 3.30. The molecule has 1 amide bonds. The van der Waals surface area contributed by atoms with Gasteiger partial charge in [0.1, 0.15) is 12.4 Å². The van der Waals surface area contributed by atoms with Crippen molar-refractivity contribution in [2.24, 2.45) is 0 Å². The molecular weight excluding hydrogens is 428 g/mol. The summed E-state index contributed by atoms with van der Waals surface area (Å²) in [4.78, 5) is 17.8. The van der Waals surface area contributed by atoms with E-state index in [9.17, 15) is 4.79 Å². The van der Waals surface area contributed by atoms with Crippen molar-refractivity contribution >= 4 is 33.7 Å². The number of fused-ring (bicyclic) bond motifs is 1. The van der Waals surface area contributed by atoms with E-state index >= 15 is 0 Å². The number of hydrogen-bond donors (Lipinski definition) is 1. The summed E-state index contributed by atoms with van der Waals surface area (Å²) in [5.74, 6) is 0.735. The summed E-state index contributed by atoms with van der Waals surface area (Å²) in [5, 5.41) is 11.6. The van der Waals surface area contributed by atoms with Crippen molar-refractivity contribution in [2.45, 2.75) is 39.3 Å². The van der Waals surface area contributed by atoms with E-state index in [4.69, 9.17) is 4.74 Å². The fourth-order valence-electron chi connectivity index (χ4n) is 3.67. The van der Waals surface area contributed by atoms with Gasteiger partial charge in [-0.05, 0) is 60.9 Å². The molecule has 0 saturated carbocycles. The average Bonchev–Trinajstić information content (AvgIpc) is 3.58. The van der Waals surface area contributed by atoms with Gasteiger partial charge >= 0.3 is 0 Å². The highest BCUT2D eigenvalue weighted by atomic mass is 32.1. The molecule has 1 aliphatic carbocycles. The first-order valence-electron chi connectivity index (χ1n) is 10.3. The predicted molar refractivity (Wildman–Crippen MR) is 124 cm³/mol. The second-order valence-corrected chi connectivity index (χ2v) is 9.24. The summed E-state index contributed by atoms with van der Waals surface area (Å²) in [7, 11) is 0. The van der Waals surface area contributed by atoms with Gasteiger partial charge in [-0.25, -0.2) is 4.98 Å². The number of ether oxygens (including phenoxy) is 1. The fourth-order valence-corrected chi connectivity index (χ4v) is 5.17. The van der Waals surface area contributed by atoms with Crippen LogP contribution in [0.15, 0.2) is 47.4 Å². The largest absolute Gasteiger partial charge is 0.489 e. The minimum atomic E-state index is -0.154. The lowest BCUT2D eigenvalue weighted by Crippen LogP contribution is -2.09. The number of thiophene rings is 1. The van der Waals surface area contributed by atoms with Crippen LogP contribution < -0.4 is 10.1 Å². The molecule has 0 bridgehead atoms. The number of nitrogens with one attached hydrogen (secondary N) is 1. The molecule has 158 valence electrons. The summed E-state index contributed by atoms with van der Waals surface area (Å²) < 4.78 is 7.80. The van der Waals surface area contributed by atoms with Crippen molar-refractivity contribution in [2.75, 3.05) is 5.32 Å². The molecule has 1 N–H and O–H groups in total. The van der Waals surface area contributed by atoms with Crippen LogP contribution in [-0.2, 0) is 26.0 Å². The normalized spacial score (nSPS) is 12.7. The van der Waals surface area contributed by atoms with E-state index in [-0.39, 0.29) is 5.91 Å². The average molecular weight is 451 g/mol. The smallest absolute Gasteiger partial charge is 0.267 e. The Morgan fingerprint density at radius 3 is 2.97 bits per heavy atom. The first-order valence-corrected chi connectivity index (χ1v) is 12.1. The molecule has 4 aromatic rings. The van der Waals surface area contributed by atoms with Crippen LogP contribution in [0.4, 0.5) is 5.13 Å². The van der Waals surface area contributed by atoms with Crippen LogP contribution >= 0.6 is 22.7 Å². The first kappa shape index (κ1) is 20.0. The van der Waals surface area contributed by atoms with E-state index in [1.54, 1.807) is 6.20 Å². The van der Waals surface area contributed by atoms with Crippen LogP contribution in [0.1, 0.15) is 39.7 Å². The highest BCUT2D eigenvalue weighted by molar-refractivity contribution is 7.14. The Labute approximate surface area is 188 Å². The SMILES string of the molecule is CCn1cc(-c2csc(NC(=O)c3cc(COc4ccc5c(c4)CCC5)cs3)n2)cn1. The molecule has 31 heavy (non-hydrogen) atoms. The third-order valence-corrected chi connectivity index (χ3v) is 7.07. The van der Waals surface area contributed by atoms with Crippen LogP contribution in [0.25, 0.3) is 11.3 Å². The number of carbonyl (C=O) groups excluding carboxylic acids is 1. The van der Waals surface area contributed by atoms with Crippen LogP contribution in [0.3, 0.4) is 0 Å². The van der Waals surface area contributed by atoms with Gasteiger partial charge in [-0.15, -0.1) is 22.7 Å². The zero-order chi connectivity index (χ0) is 21.2. The molecule has 0 atom stereocenters. The van der Waals surface area contributed by atoms with Gasteiger partial charge in [0.25, 0.3) is 5.91 Å². The van der Waals surface area contributed by atoms with Crippen molar-refractivity contribution in [1.82, 2.24) is 14.8 Å². The van der Waals surface area contributed by atoms with Crippen LogP contribution in [0, 0.1) is 0 Å². The van der Waals surface area contributed by atoms with E-state index in [1.807, 2.05) is 40.7 Å². The zero-order valence-electron chi connectivity index (χ0n) is 17.1. The Kier molecular flexibility index (Phi) is 5.57. The minimum absolute atomic E-state index is 0.154. The molecule has 1 aromatic carbocycles. The molecule has 3 aromatic heterocycles. The van der Waals surface area contributed by atoms with Crippen molar-refractivity contribution in [1.29, 1.82) is 0 Å². The molecule has 0 aliphatic heterocycles. The molecule has 5 rings (SSSR count). The molecule has 8 heteroatoms. The second kappa shape index (κ2) is 8.64. The standard InChI is InChI=1S/C23H22N4O2S2/c1-2-27-11-18(10-24-27)20-14-31-23(25-20)26-22(28)21-8-15(13-30-21)12-29-19-7-6-16-4-3-5-17(16)9-19/h6-11,13-14H,2-5,12H2,1H3,(H,25,26,28). The zero-order valence-corrected chi connectivity index (χ0v) is 18.8. The summed E-state index contributed by atoms with van der Waals surface area (Å²) in [6.07, 6.45) is 7.27. The van der Waals surface area contributed by atoms with Crippen molar-refractivity contribution in [3.8, 4) is 17.0 Å². The third kappa shape index (κ3) is 4.40. The number of anilines is 1. The molecule has 0 radical (unpaired) electrons. The molecule has 0 fully saturated rings. The highest BCUT2D eigenvalue weighted by Gasteiger charge is 2.14. The lowest BCUT2D eigenvalue weighted by molar-refractivity contribution is 0.103. The van der Waals surface area contributed by atoms with Gasteiger partial charge in [-0.3, -0.25) is 14.8 Å². The van der Waals surface area contributed by atoms with Crippen molar-refractivity contribution < 1.29 is 9.53 Å². The van der Waals surface area contributed by atoms with E-state index in [1.165, 1.54) is 46.6 Å². The number of thiazole rings is 1. The number of benzene rings is 1. The molecule has 3 heterocycles. The summed E-state index contributed by atoms with van der Waals surface area (Å²) in [5.41, 5.74) is 5.58. The molecule has 0 unspecified atom stereocenters. The van der Waals surface area contributed by atoms with E-state index in [0.717, 1.165) is 35.5 Å². The lowest BCUT2D eigenvalue weighted by atomic mass is 10.1. The fraction of sp³-hybridized carbons (Fsp3) is 0.261. The van der Waals surface area contributed by atoms with Gasteiger partial charge in [-0.2, -0.15) is 5.10 Å². The molecular formula is C23H22N4O2S2. The monoisotopic (exact) mass is 450 g/mol. The highest BCUT2D eigenvalue weighted by Crippen LogP contribution is 2.28. The van der Waals surface area contributed by atoms with E-state index < -0.39 is 0 Å².